The number of carbonyl (C=O) groups excluding carboxylic acids is 3. The lowest BCUT2D eigenvalue weighted by Gasteiger charge is -2.29. The van der Waals surface area contributed by atoms with Crippen molar-refractivity contribution in [3.05, 3.63) is 29.6 Å². The van der Waals surface area contributed by atoms with E-state index in [-0.39, 0.29) is 29.6 Å². The summed E-state index contributed by atoms with van der Waals surface area (Å²) in [6.45, 7) is 3.48. The number of hydrogen-bond donors (Lipinski definition) is 1. The van der Waals surface area contributed by atoms with Gasteiger partial charge in [-0.2, -0.15) is 0 Å². The number of esters is 2. The molecule has 0 unspecified atom stereocenters. The number of nitrogens with zero attached hydrogens (tertiary/aromatic N) is 3. The Morgan fingerprint density at radius 1 is 1.26 bits per heavy atom. The van der Waals surface area contributed by atoms with Gasteiger partial charge in [0.25, 0.3) is 5.91 Å². The molecule has 0 aromatic carbocycles. The van der Waals surface area contributed by atoms with Crippen LogP contribution >= 0.6 is 12.2 Å². The van der Waals surface area contributed by atoms with Gasteiger partial charge in [-0.1, -0.05) is 0 Å². The third-order valence-corrected chi connectivity index (χ3v) is 4.17. The van der Waals surface area contributed by atoms with Gasteiger partial charge in [0, 0.05) is 25.8 Å². The Kier molecular flexibility index (Phi) is 7.47. The summed E-state index contributed by atoms with van der Waals surface area (Å²) in [5.41, 5.74) is 0.465. The molecule has 0 bridgehead atoms. The highest BCUT2D eigenvalue weighted by Crippen LogP contribution is 2.15. The van der Waals surface area contributed by atoms with Crippen LogP contribution in [0.3, 0.4) is 0 Å². The lowest BCUT2D eigenvalue weighted by molar-refractivity contribution is -0.142. The Balaban J connectivity index is 1.96. The van der Waals surface area contributed by atoms with Crippen LogP contribution in [-0.2, 0) is 14.3 Å². The zero-order chi connectivity index (χ0) is 19.8. The van der Waals surface area contributed by atoms with Crippen molar-refractivity contribution in [2.24, 2.45) is 0 Å². The fraction of sp³-hybridized carbons (Fsp3) is 0.471. The topological polar surface area (TPSA) is 101 Å². The molecule has 2 heterocycles. The molecular weight excluding hydrogens is 372 g/mol. The maximum Gasteiger partial charge on any atom is 0.339 e. The van der Waals surface area contributed by atoms with Crippen LogP contribution in [0.15, 0.2) is 18.3 Å². The first-order valence-corrected chi connectivity index (χ1v) is 8.95. The molecule has 2 rings (SSSR count). The number of thiocarbonyl (C=S) groups is 1. The third kappa shape index (κ3) is 5.36. The summed E-state index contributed by atoms with van der Waals surface area (Å²) in [7, 11) is 1.28. The molecule has 146 valence electrons. The van der Waals surface area contributed by atoms with Crippen molar-refractivity contribution in [3.63, 3.8) is 0 Å². The predicted octanol–water partition coefficient (Wildman–Crippen LogP) is 0.759. The molecule has 0 spiro atoms. The van der Waals surface area contributed by atoms with Crippen LogP contribution in [0.1, 0.15) is 40.6 Å². The smallest absolute Gasteiger partial charge is 0.339 e. The van der Waals surface area contributed by atoms with E-state index in [9.17, 15) is 14.4 Å². The minimum absolute atomic E-state index is 0.187. The monoisotopic (exact) mass is 394 g/mol. The van der Waals surface area contributed by atoms with E-state index in [0.717, 1.165) is 6.42 Å². The number of hydrazine groups is 1. The van der Waals surface area contributed by atoms with Gasteiger partial charge in [-0.05, 0) is 37.7 Å². The highest BCUT2D eigenvalue weighted by molar-refractivity contribution is 7.80. The Morgan fingerprint density at radius 2 is 2.00 bits per heavy atom. The van der Waals surface area contributed by atoms with Gasteiger partial charge in [0.15, 0.2) is 5.11 Å². The molecule has 0 radical (unpaired) electrons. The summed E-state index contributed by atoms with van der Waals surface area (Å²) in [6.07, 6.45) is 2.24. The van der Waals surface area contributed by atoms with Gasteiger partial charge in [-0.15, -0.1) is 0 Å². The molecular formula is C17H22N4O5S. The number of ether oxygens (including phenoxy) is 2. The molecule has 0 saturated carbocycles. The molecule has 1 fully saturated rings. The number of hydrogen-bond acceptors (Lipinski definition) is 7. The fourth-order valence-corrected chi connectivity index (χ4v) is 2.81. The van der Waals surface area contributed by atoms with E-state index in [0.29, 0.717) is 31.4 Å². The second-order valence-electron chi connectivity index (χ2n) is 5.62. The number of rotatable bonds is 6. The fourth-order valence-electron chi connectivity index (χ4n) is 2.52. The molecule has 0 aliphatic carbocycles. The molecule has 1 saturated heterocycles. The second kappa shape index (κ2) is 9.81. The van der Waals surface area contributed by atoms with Gasteiger partial charge >= 0.3 is 11.9 Å². The quantitative estimate of drug-likeness (QED) is 0.553. The Morgan fingerprint density at radius 3 is 2.63 bits per heavy atom. The second-order valence-corrected chi connectivity index (χ2v) is 6.00. The van der Waals surface area contributed by atoms with E-state index in [1.807, 2.05) is 0 Å². The van der Waals surface area contributed by atoms with Crippen molar-refractivity contribution in [2.75, 3.05) is 33.4 Å². The van der Waals surface area contributed by atoms with Crippen LogP contribution in [0, 0.1) is 0 Å². The van der Waals surface area contributed by atoms with Gasteiger partial charge in [0.05, 0.1) is 25.7 Å². The first-order valence-electron chi connectivity index (χ1n) is 8.55. The minimum Gasteiger partial charge on any atom is -0.466 e. The average Bonchev–Trinajstić information content (AvgIpc) is 3.17. The summed E-state index contributed by atoms with van der Waals surface area (Å²) in [6, 6.07) is 2.96. The molecule has 1 N–H and O–H groups in total. The summed E-state index contributed by atoms with van der Waals surface area (Å²) >= 11 is 5.33. The number of carbonyl (C=O) groups is 3. The standard InChI is InChI=1S/C17H22N4O5S/c1-3-26-14(22)7-8-18-17(27)21-10-4-9-20(21)15(23)13-6-5-12(11-19-13)16(24)25-2/h5-6,11H,3-4,7-10H2,1-2H3,(H,18,27). The zero-order valence-electron chi connectivity index (χ0n) is 15.3. The van der Waals surface area contributed by atoms with Crippen LogP contribution in [0.4, 0.5) is 0 Å². The van der Waals surface area contributed by atoms with Crippen LogP contribution < -0.4 is 5.32 Å². The third-order valence-electron chi connectivity index (χ3n) is 3.81. The van der Waals surface area contributed by atoms with Crippen molar-refractivity contribution in [3.8, 4) is 0 Å². The molecule has 1 aromatic heterocycles. The Bertz CT molecular complexity index is 710. The largest absolute Gasteiger partial charge is 0.466 e. The van der Waals surface area contributed by atoms with Crippen LogP contribution in [0.25, 0.3) is 0 Å². The maximum absolute atomic E-state index is 12.7. The van der Waals surface area contributed by atoms with E-state index in [2.05, 4.69) is 15.0 Å². The first-order chi connectivity index (χ1) is 13.0. The van der Waals surface area contributed by atoms with Gasteiger partial charge < -0.3 is 14.8 Å². The van der Waals surface area contributed by atoms with Crippen molar-refractivity contribution in [1.29, 1.82) is 0 Å². The summed E-state index contributed by atoms with van der Waals surface area (Å²) in [4.78, 5) is 39.6. The molecule has 27 heavy (non-hydrogen) atoms. The van der Waals surface area contributed by atoms with Crippen LogP contribution in [-0.4, -0.2) is 71.3 Å². The molecule has 1 amide bonds. The van der Waals surface area contributed by atoms with E-state index in [4.69, 9.17) is 17.0 Å². The SMILES string of the molecule is CCOC(=O)CCNC(=S)N1CCCN1C(=O)c1ccc(C(=O)OC)cn1. The molecule has 10 heteroatoms. The number of pyridine rings is 1. The number of amides is 1. The molecule has 1 aliphatic heterocycles. The van der Waals surface area contributed by atoms with Crippen LogP contribution in [0.2, 0.25) is 0 Å². The van der Waals surface area contributed by atoms with Crippen molar-refractivity contribution in [1.82, 2.24) is 20.3 Å². The van der Waals surface area contributed by atoms with E-state index in [1.54, 1.807) is 11.9 Å². The predicted molar refractivity (Wildman–Crippen MR) is 99.8 cm³/mol. The minimum atomic E-state index is -0.517. The number of nitrogens with one attached hydrogen (secondary N) is 1. The molecule has 1 aromatic rings. The average molecular weight is 394 g/mol. The maximum atomic E-state index is 12.7. The molecule has 0 atom stereocenters. The lowest BCUT2D eigenvalue weighted by atomic mass is 10.2. The summed E-state index contributed by atoms with van der Waals surface area (Å²) in [5.74, 6) is -1.15. The lowest BCUT2D eigenvalue weighted by Crippen LogP contribution is -2.49. The number of aromatic nitrogens is 1. The summed E-state index contributed by atoms with van der Waals surface area (Å²) < 4.78 is 9.47. The van der Waals surface area contributed by atoms with Gasteiger partial charge in [-0.25, -0.2) is 9.80 Å². The van der Waals surface area contributed by atoms with Crippen molar-refractivity contribution >= 4 is 35.2 Å². The van der Waals surface area contributed by atoms with Crippen molar-refractivity contribution < 1.29 is 23.9 Å². The van der Waals surface area contributed by atoms with Gasteiger partial charge in [-0.3, -0.25) is 19.6 Å². The number of methoxy groups -OCH3 is 1. The van der Waals surface area contributed by atoms with E-state index in [1.165, 1.54) is 30.4 Å². The van der Waals surface area contributed by atoms with Gasteiger partial charge in [0.2, 0.25) is 0 Å². The van der Waals surface area contributed by atoms with E-state index < -0.39 is 5.97 Å². The highest BCUT2D eigenvalue weighted by Gasteiger charge is 2.30. The van der Waals surface area contributed by atoms with Crippen molar-refractivity contribution in [2.45, 2.75) is 19.8 Å². The highest BCUT2D eigenvalue weighted by atomic mass is 32.1. The zero-order valence-corrected chi connectivity index (χ0v) is 16.1. The summed E-state index contributed by atoms with van der Waals surface area (Å²) in [5, 5.41) is 6.47. The normalized spacial score (nSPS) is 13.3. The van der Waals surface area contributed by atoms with Gasteiger partial charge in [0.1, 0.15) is 5.69 Å². The Hall–Kier alpha value is -2.75. The molecule has 1 aliphatic rings. The van der Waals surface area contributed by atoms with Crippen LogP contribution in [0.5, 0.6) is 0 Å². The molecule has 9 nitrogen and oxygen atoms in total. The van der Waals surface area contributed by atoms with E-state index >= 15 is 0 Å². The first kappa shape index (κ1) is 20.6. The Labute approximate surface area is 162 Å².